The molecule has 0 atom stereocenters. The molecule has 1 aliphatic heterocycles. The van der Waals surface area contributed by atoms with Crippen LogP contribution in [0.2, 0.25) is 0 Å². The Labute approximate surface area is 163 Å². The van der Waals surface area contributed by atoms with Gasteiger partial charge in [0.2, 0.25) is 0 Å². The molecule has 0 saturated heterocycles. The second-order valence-electron chi connectivity index (χ2n) is 6.34. The Balaban J connectivity index is 1.87. The summed E-state index contributed by atoms with van der Waals surface area (Å²) in [4.78, 5) is 12.9. The molecule has 2 N–H and O–H groups in total. The Morgan fingerprint density at radius 2 is 1.54 bits per heavy atom. The molecule has 0 spiro atoms. The van der Waals surface area contributed by atoms with E-state index < -0.39 is 0 Å². The first-order valence-electron chi connectivity index (χ1n) is 8.90. The molecule has 0 fully saturated rings. The van der Waals surface area contributed by atoms with Gasteiger partial charge in [-0.25, -0.2) is 0 Å². The van der Waals surface area contributed by atoms with Crippen molar-refractivity contribution in [2.75, 3.05) is 24.9 Å². The van der Waals surface area contributed by atoms with Crippen LogP contribution in [-0.4, -0.2) is 20.1 Å². The Morgan fingerprint density at radius 1 is 0.857 bits per heavy atom. The molecule has 0 bridgehead atoms. The predicted molar refractivity (Wildman–Crippen MR) is 111 cm³/mol. The van der Waals surface area contributed by atoms with Crippen LogP contribution < -0.4 is 20.1 Å². The van der Waals surface area contributed by atoms with Crippen molar-refractivity contribution in [1.29, 1.82) is 0 Å². The Bertz CT molecular complexity index is 1040. The van der Waals surface area contributed by atoms with Gasteiger partial charge in [-0.05, 0) is 48.0 Å². The summed E-state index contributed by atoms with van der Waals surface area (Å²) in [6, 6.07) is 23.0. The molecule has 1 amide bonds. The van der Waals surface area contributed by atoms with Crippen molar-refractivity contribution < 1.29 is 14.3 Å². The van der Waals surface area contributed by atoms with Gasteiger partial charge in [0.25, 0.3) is 5.91 Å². The van der Waals surface area contributed by atoms with Crippen LogP contribution in [0.15, 0.2) is 72.8 Å². The fraction of sp³-hybridized carbons (Fsp3) is 0.0870. The average Bonchev–Trinajstić information content (AvgIpc) is 3.07. The smallest absolute Gasteiger partial charge is 0.258 e. The third-order valence-electron chi connectivity index (χ3n) is 4.64. The van der Waals surface area contributed by atoms with E-state index in [1.165, 1.54) is 0 Å². The highest BCUT2D eigenvalue weighted by atomic mass is 16.5. The number of carbonyl (C=O) groups is 1. The fourth-order valence-corrected chi connectivity index (χ4v) is 3.22. The second-order valence-corrected chi connectivity index (χ2v) is 6.34. The fourth-order valence-electron chi connectivity index (χ4n) is 3.22. The lowest BCUT2D eigenvalue weighted by Gasteiger charge is -2.15. The van der Waals surface area contributed by atoms with Gasteiger partial charge in [0, 0.05) is 16.9 Å². The lowest BCUT2D eigenvalue weighted by molar-refractivity contribution is -0.110. The van der Waals surface area contributed by atoms with Crippen LogP contribution in [0.3, 0.4) is 0 Å². The van der Waals surface area contributed by atoms with Gasteiger partial charge in [-0.3, -0.25) is 4.79 Å². The monoisotopic (exact) mass is 372 g/mol. The highest BCUT2D eigenvalue weighted by Crippen LogP contribution is 2.39. The number of hydrogen-bond acceptors (Lipinski definition) is 4. The number of methoxy groups -OCH3 is 2. The van der Waals surface area contributed by atoms with Gasteiger partial charge in [0.05, 0.1) is 25.5 Å². The Hall–Kier alpha value is -3.73. The van der Waals surface area contributed by atoms with E-state index in [0.29, 0.717) is 11.3 Å². The minimum Gasteiger partial charge on any atom is -0.497 e. The standard InChI is InChI=1S/C23H20N2O3/c1-27-17-10-8-16(9-11-17)24-22(15-6-4-3-5-7-15)21-19-14-18(28-2)12-13-20(19)25-23(21)26/h3-14,24H,1-2H3,(H,25,26). The van der Waals surface area contributed by atoms with Crippen LogP contribution >= 0.6 is 0 Å². The molecular formula is C23H20N2O3. The number of ether oxygens (including phenoxy) is 2. The number of hydrogen-bond donors (Lipinski definition) is 2. The predicted octanol–water partition coefficient (Wildman–Crippen LogP) is 4.64. The number of nitrogens with one attached hydrogen (secondary N) is 2. The molecular weight excluding hydrogens is 352 g/mol. The summed E-state index contributed by atoms with van der Waals surface area (Å²) >= 11 is 0. The number of rotatable bonds is 5. The molecule has 3 aromatic carbocycles. The molecule has 4 rings (SSSR count). The maximum atomic E-state index is 12.9. The summed E-state index contributed by atoms with van der Waals surface area (Å²) in [5.41, 5.74) is 4.66. The zero-order chi connectivity index (χ0) is 19.5. The number of fused-ring (bicyclic) bond motifs is 1. The summed E-state index contributed by atoms with van der Waals surface area (Å²) in [5.74, 6) is 1.32. The lowest BCUT2D eigenvalue weighted by Crippen LogP contribution is -2.10. The Kier molecular flexibility index (Phi) is 4.72. The van der Waals surface area contributed by atoms with E-state index in [9.17, 15) is 4.79 Å². The number of anilines is 2. The SMILES string of the molecule is COc1ccc(NC(=C2C(=O)Nc3ccc(OC)cc32)c2ccccc2)cc1. The van der Waals surface area contributed by atoms with Crippen LogP contribution in [0, 0.1) is 0 Å². The maximum Gasteiger partial charge on any atom is 0.258 e. The van der Waals surface area contributed by atoms with Gasteiger partial charge in [0.15, 0.2) is 0 Å². The van der Waals surface area contributed by atoms with E-state index in [2.05, 4.69) is 10.6 Å². The van der Waals surface area contributed by atoms with Gasteiger partial charge in [0.1, 0.15) is 11.5 Å². The molecule has 1 heterocycles. The molecule has 0 unspecified atom stereocenters. The Morgan fingerprint density at radius 3 is 2.21 bits per heavy atom. The maximum absolute atomic E-state index is 12.9. The van der Waals surface area contributed by atoms with Gasteiger partial charge >= 0.3 is 0 Å². The zero-order valence-electron chi connectivity index (χ0n) is 15.7. The molecule has 0 aromatic heterocycles. The highest BCUT2D eigenvalue weighted by Gasteiger charge is 2.29. The van der Waals surface area contributed by atoms with E-state index in [1.807, 2.05) is 72.8 Å². The molecule has 3 aromatic rings. The highest BCUT2D eigenvalue weighted by molar-refractivity contribution is 6.37. The summed E-state index contributed by atoms with van der Waals surface area (Å²) in [6.45, 7) is 0. The normalized spacial score (nSPS) is 14.1. The number of carbonyl (C=O) groups excluding carboxylic acids is 1. The van der Waals surface area contributed by atoms with E-state index in [4.69, 9.17) is 9.47 Å². The second kappa shape index (κ2) is 7.48. The van der Waals surface area contributed by atoms with Crippen LogP contribution in [0.4, 0.5) is 11.4 Å². The molecule has 0 radical (unpaired) electrons. The first-order chi connectivity index (χ1) is 13.7. The summed E-state index contributed by atoms with van der Waals surface area (Å²) in [6.07, 6.45) is 0. The minimum absolute atomic E-state index is 0.150. The summed E-state index contributed by atoms with van der Waals surface area (Å²) < 4.78 is 10.6. The molecule has 1 aliphatic rings. The van der Waals surface area contributed by atoms with Crippen LogP contribution in [0.1, 0.15) is 11.1 Å². The third-order valence-corrected chi connectivity index (χ3v) is 4.64. The zero-order valence-corrected chi connectivity index (χ0v) is 15.7. The van der Waals surface area contributed by atoms with E-state index in [1.54, 1.807) is 14.2 Å². The van der Waals surface area contributed by atoms with Gasteiger partial charge in [-0.1, -0.05) is 30.3 Å². The molecule has 28 heavy (non-hydrogen) atoms. The summed E-state index contributed by atoms with van der Waals surface area (Å²) in [5, 5.41) is 6.36. The van der Waals surface area contributed by atoms with Crippen molar-refractivity contribution in [3.05, 3.63) is 83.9 Å². The van der Waals surface area contributed by atoms with E-state index in [0.717, 1.165) is 33.9 Å². The van der Waals surface area contributed by atoms with Crippen LogP contribution in [0.25, 0.3) is 11.3 Å². The van der Waals surface area contributed by atoms with Crippen LogP contribution in [-0.2, 0) is 4.79 Å². The lowest BCUT2D eigenvalue weighted by atomic mass is 10.00. The third kappa shape index (κ3) is 3.30. The van der Waals surface area contributed by atoms with E-state index >= 15 is 0 Å². The quantitative estimate of drug-likeness (QED) is 0.641. The van der Waals surface area contributed by atoms with Gasteiger partial charge in [-0.15, -0.1) is 0 Å². The van der Waals surface area contributed by atoms with Crippen molar-refractivity contribution in [2.24, 2.45) is 0 Å². The van der Waals surface area contributed by atoms with Crippen molar-refractivity contribution in [3.8, 4) is 11.5 Å². The summed E-state index contributed by atoms with van der Waals surface area (Å²) in [7, 11) is 3.25. The average molecular weight is 372 g/mol. The van der Waals surface area contributed by atoms with Crippen molar-refractivity contribution in [1.82, 2.24) is 0 Å². The van der Waals surface area contributed by atoms with Crippen molar-refractivity contribution >= 4 is 28.6 Å². The molecule has 5 nitrogen and oxygen atoms in total. The topological polar surface area (TPSA) is 59.6 Å². The van der Waals surface area contributed by atoms with E-state index in [-0.39, 0.29) is 5.91 Å². The van der Waals surface area contributed by atoms with Gasteiger partial charge in [-0.2, -0.15) is 0 Å². The number of amides is 1. The number of benzene rings is 3. The van der Waals surface area contributed by atoms with Gasteiger partial charge < -0.3 is 20.1 Å². The molecule has 5 heteroatoms. The molecule has 0 saturated carbocycles. The van der Waals surface area contributed by atoms with Crippen LogP contribution in [0.5, 0.6) is 11.5 Å². The first kappa shape index (κ1) is 17.7. The van der Waals surface area contributed by atoms with Crippen molar-refractivity contribution in [3.63, 3.8) is 0 Å². The minimum atomic E-state index is -0.150. The van der Waals surface area contributed by atoms with Crippen molar-refractivity contribution in [2.45, 2.75) is 0 Å². The molecule has 140 valence electrons. The first-order valence-corrected chi connectivity index (χ1v) is 8.90. The molecule has 0 aliphatic carbocycles. The largest absolute Gasteiger partial charge is 0.497 e.